The number of hydrogen-bond acceptors (Lipinski definition) is 12. The first-order chi connectivity index (χ1) is 27.9. The van der Waals surface area contributed by atoms with Gasteiger partial charge in [-0.15, -0.1) is 0 Å². The second-order valence-electron chi connectivity index (χ2n) is 12.7. The minimum atomic E-state index is -4.54. The van der Waals surface area contributed by atoms with E-state index in [2.05, 4.69) is 68.5 Å². The van der Waals surface area contributed by atoms with Crippen LogP contribution in [-0.4, -0.2) is 45.9 Å². The van der Waals surface area contributed by atoms with Crippen LogP contribution in [0.15, 0.2) is 180 Å². The molecule has 0 atom stereocenters. The van der Waals surface area contributed by atoms with Crippen LogP contribution >= 0.6 is 0 Å². The van der Waals surface area contributed by atoms with Gasteiger partial charge < -0.3 is 20.6 Å². The number of hydrogen-bond donors (Lipinski definition) is 2. The van der Waals surface area contributed by atoms with Crippen molar-refractivity contribution >= 4 is 96.8 Å². The largest absolute Gasteiger partial charge is 2.00 e. The van der Waals surface area contributed by atoms with Gasteiger partial charge in [0.25, 0.3) is 0 Å². The molecular weight excluding hydrogens is 838 g/mol. The van der Waals surface area contributed by atoms with E-state index in [4.69, 9.17) is 11.5 Å². The Hall–Kier alpha value is -6.48. The van der Waals surface area contributed by atoms with Crippen molar-refractivity contribution < 1.29 is 45.4 Å². The summed E-state index contributed by atoms with van der Waals surface area (Å²) >= 11 is 0. The number of pyridine rings is 4. The van der Waals surface area contributed by atoms with E-state index in [0.717, 1.165) is 43.6 Å². The van der Waals surface area contributed by atoms with Crippen molar-refractivity contribution in [3.05, 3.63) is 170 Å². The van der Waals surface area contributed by atoms with Crippen LogP contribution < -0.4 is 11.5 Å². The molecule has 0 radical (unpaired) electrons. The minimum absolute atomic E-state index is 0. The van der Waals surface area contributed by atoms with Crippen molar-refractivity contribution in [1.29, 1.82) is 0 Å². The van der Waals surface area contributed by atoms with Crippen molar-refractivity contribution in [2.24, 2.45) is 0 Å². The zero-order chi connectivity index (χ0) is 40.9. The molecule has 4 N–H and O–H groups in total. The third kappa shape index (κ3) is 9.47. The molecule has 0 saturated carbocycles. The van der Waals surface area contributed by atoms with Gasteiger partial charge >= 0.3 is 19.5 Å². The molecule has 59 heavy (non-hydrogen) atoms. The topological polar surface area (TPSA) is 218 Å². The molecule has 4 aromatic heterocycles. The Balaban J connectivity index is 0.000000132. The summed E-state index contributed by atoms with van der Waals surface area (Å²) in [5, 5.41) is 6.65. The van der Waals surface area contributed by atoms with Crippen LogP contribution in [0, 0.1) is 0 Å². The summed E-state index contributed by atoms with van der Waals surface area (Å²) in [5.41, 5.74) is 14.9. The molecule has 0 saturated heterocycles. The average molecular weight is 870 g/mol. The van der Waals surface area contributed by atoms with Crippen LogP contribution in [-0.2, 0) is 39.7 Å². The zero-order valence-corrected chi connectivity index (χ0v) is 35.7. The molecule has 0 unspecified atom stereocenters. The minimum Gasteiger partial charge on any atom is -0.744 e. The van der Waals surface area contributed by atoms with E-state index in [0.29, 0.717) is 21.5 Å². The van der Waals surface area contributed by atoms with Crippen LogP contribution in [0.5, 0.6) is 0 Å². The van der Waals surface area contributed by atoms with Gasteiger partial charge in [0.05, 0.1) is 31.9 Å². The molecule has 0 fully saturated rings. The molecule has 4 heterocycles. The summed E-state index contributed by atoms with van der Waals surface area (Å²) in [5.74, 6) is 0. The van der Waals surface area contributed by atoms with E-state index < -0.39 is 20.2 Å². The van der Waals surface area contributed by atoms with Gasteiger partial charge in [0, 0.05) is 68.5 Å². The summed E-state index contributed by atoms with van der Waals surface area (Å²) in [6.07, 6.45) is 7.21. The number of fused-ring (bicyclic) bond motifs is 8. The molecule has 15 heteroatoms. The van der Waals surface area contributed by atoms with Crippen molar-refractivity contribution in [1.82, 2.24) is 19.9 Å². The molecule has 10 aromatic rings. The Morgan fingerprint density at radius 3 is 0.898 bits per heavy atom. The van der Waals surface area contributed by atoms with Crippen molar-refractivity contribution in [3.63, 3.8) is 0 Å². The first-order valence-corrected chi connectivity index (χ1v) is 20.3. The Morgan fingerprint density at radius 1 is 0.356 bits per heavy atom. The normalized spacial score (nSPS) is 11.2. The predicted octanol–water partition coefficient (Wildman–Crippen LogP) is 8.22. The maximum absolute atomic E-state index is 11.0. The van der Waals surface area contributed by atoms with Gasteiger partial charge in [0.2, 0.25) is 0 Å². The fraction of sp³-hybridized carbons (Fsp3) is 0. The smallest absolute Gasteiger partial charge is 0.744 e. The summed E-state index contributed by atoms with van der Waals surface area (Å²) in [4.78, 5) is 16.7. The second kappa shape index (κ2) is 18.0. The van der Waals surface area contributed by atoms with Crippen molar-refractivity contribution in [3.8, 4) is 0 Å². The molecule has 12 nitrogen and oxygen atoms in total. The standard InChI is InChI=1S/2C12H8N2.2C10H9NO3S.Zn/c2*1-3-9-5-6-10-4-2-8-14-12(10)11(9)13-7-1;2*11-9-6-5-7-3-1-2-4-8(7)10(9)15(12,13)14;/h2*1-8H;2*1-6H,11H2,(H,12,13,14);/q;;;;+2/p-2. The number of aromatic nitrogens is 4. The van der Waals surface area contributed by atoms with Gasteiger partial charge in [-0.05, 0) is 47.2 Å². The summed E-state index contributed by atoms with van der Waals surface area (Å²) in [6.45, 7) is 0. The molecule has 0 aliphatic carbocycles. The number of nitrogens with two attached hydrogens (primary N) is 2. The maximum Gasteiger partial charge on any atom is 2.00 e. The molecule has 0 bridgehead atoms. The van der Waals surface area contributed by atoms with Crippen LogP contribution in [0.4, 0.5) is 11.4 Å². The van der Waals surface area contributed by atoms with Gasteiger partial charge in [-0.1, -0.05) is 109 Å². The maximum atomic E-state index is 11.0. The first-order valence-electron chi connectivity index (χ1n) is 17.5. The second-order valence-corrected chi connectivity index (χ2v) is 15.4. The molecule has 6 aromatic carbocycles. The average Bonchev–Trinajstić information content (AvgIpc) is 3.23. The molecule has 10 rings (SSSR count). The van der Waals surface area contributed by atoms with Crippen molar-refractivity contribution in [2.45, 2.75) is 9.79 Å². The van der Waals surface area contributed by atoms with Crippen molar-refractivity contribution in [2.75, 3.05) is 11.5 Å². The summed E-state index contributed by atoms with van der Waals surface area (Å²) in [6, 6.07) is 43.9. The van der Waals surface area contributed by atoms with Gasteiger partial charge in [0.15, 0.2) is 0 Å². The van der Waals surface area contributed by atoms with Crippen LogP contribution in [0.1, 0.15) is 0 Å². The third-order valence-electron chi connectivity index (χ3n) is 9.01. The molecule has 288 valence electrons. The van der Waals surface area contributed by atoms with Crippen LogP contribution in [0.2, 0.25) is 0 Å². The predicted molar refractivity (Wildman–Crippen MR) is 227 cm³/mol. The van der Waals surface area contributed by atoms with Gasteiger partial charge in [-0.2, -0.15) is 0 Å². The third-order valence-corrected chi connectivity index (χ3v) is 10.9. The molecule has 0 spiro atoms. The first kappa shape index (κ1) is 42.1. The van der Waals surface area contributed by atoms with Gasteiger partial charge in [0.1, 0.15) is 20.2 Å². The quantitative estimate of drug-likeness (QED) is 0.0727. The van der Waals surface area contributed by atoms with Gasteiger partial charge in [-0.25, -0.2) is 16.8 Å². The molecule has 0 aliphatic rings. The molecular formula is C44H32N6O6S2Zn. The van der Waals surface area contributed by atoms with E-state index in [1.165, 1.54) is 12.1 Å². The molecule has 0 amide bonds. The number of nitrogen functional groups attached to an aromatic ring is 2. The summed E-state index contributed by atoms with van der Waals surface area (Å²) in [7, 11) is -9.07. The zero-order valence-electron chi connectivity index (χ0n) is 31.1. The fourth-order valence-electron chi connectivity index (χ4n) is 6.44. The molecule has 0 aliphatic heterocycles. The fourth-order valence-corrected chi connectivity index (χ4v) is 8.06. The Bertz CT molecular complexity index is 3020. The Morgan fingerprint density at radius 2 is 0.610 bits per heavy atom. The Labute approximate surface area is 351 Å². The number of rotatable bonds is 2. The number of anilines is 2. The van der Waals surface area contributed by atoms with E-state index in [1.807, 2.05) is 24.3 Å². The monoisotopic (exact) mass is 868 g/mol. The van der Waals surface area contributed by atoms with E-state index >= 15 is 0 Å². The summed E-state index contributed by atoms with van der Waals surface area (Å²) < 4.78 is 66.2. The van der Waals surface area contributed by atoms with E-state index in [-0.39, 0.29) is 40.6 Å². The van der Waals surface area contributed by atoms with E-state index in [9.17, 15) is 25.9 Å². The number of nitrogens with zero attached hydrogens (tertiary/aromatic N) is 4. The van der Waals surface area contributed by atoms with Gasteiger partial charge in [-0.3, -0.25) is 19.9 Å². The number of benzene rings is 6. The van der Waals surface area contributed by atoms with E-state index in [1.54, 1.807) is 85.5 Å². The van der Waals surface area contributed by atoms with Crippen LogP contribution in [0.3, 0.4) is 0 Å². The Kier molecular flexibility index (Phi) is 12.8. The SMILES string of the molecule is Nc1ccc2ccccc2c1S(=O)(=O)[O-].Nc1ccc2ccccc2c1S(=O)(=O)[O-].[Zn+2].c1cnc2c(c1)ccc1cccnc12.c1cnc2c(c1)ccc1cccnc12. The van der Waals surface area contributed by atoms with Crippen LogP contribution in [0.25, 0.3) is 65.2 Å².